The summed E-state index contributed by atoms with van der Waals surface area (Å²) in [6.45, 7) is 1.58. The van der Waals surface area contributed by atoms with Gasteiger partial charge in [0.2, 0.25) is 0 Å². The molecule has 0 radical (unpaired) electrons. The van der Waals surface area contributed by atoms with Crippen molar-refractivity contribution in [2.24, 2.45) is 0 Å². The number of ether oxygens (including phenoxy) is 3. The molecule has 1 aromatic heterocycles. The lowest BCUT2D eigenvalue weighted by molar-refractivity contribution is -0.137. The van der Waals surface area contributed by atoms with Gasteiger partial charge in [0.05, 0.1) is 31.6 Å². The molecule has 35 heavy (non-hydrogen) atoms. The number of nitrogens with zero attached hydrogens (tertiary/aromatic N) is 2. The first kappa shape index (κ1) is 25.2. The first-order chi connectivity index (χ1) is 16.5. The Kier molecular flexibility index (Phi) is 6.96. The van der Waals surface area contributed by atoms with Gasteiger partial charge in [0.15, 0.2) is 0 Å². The number of rotatable bonds is 9. The van der Waals surface area contributed by atoms with Crippen molar-refractivity contribution in [3.8, 4) is 0 Å². The summed E-state index contributed by atoms with van der Waals surface area (Å²) in [6.07, 6.45) is -4.71. The molecule has 1 fully saturated rings. The fourth-order valence-electron chi connectivity index (χ4n) is 3.78. The quantitative estimate of drug-likeness (QED) is 0.388. The minimum Gasteiger partial charge on any atom is -0.498 e. The molecule has 12 heteroatoms. The van der Waals surface area contributed by atoms with E-state index < -0.39 is 35.7 Å². The van der Waals surface area contributed by atoms with Crippen molar-refractivity contribution in [2.45, 2.75) is 50.6 Å². The van der Waals surface area contributed by atoms with Crippen LogP contribution in [-0.2, 0) is 33.4 Å². The van der Waals surface area contributed by atoms with Gasteiger partial charge in [0.25, 0.3) is 5.92 Å². The molecule has 1 saturated carbocycles. The number of benzene rings is 1. The minimum atomic E-state index is -4.67. The number of hydrogen-bond donors (Lipinski definition) is 1. The average molecular weight is 503 g/mol. The number of methoxy groups -OCH3 is 1. The van der Waals surface area contributed by atoms with Crippen LogP contribution >= 0.6 is 0 Å². The van der Waals surface area contributed by atoms with E-state index in [1.807, 2.05) is 0 Å². The average Bonchev–Trinajstić information content (AvgIpc) is 3.39. The van der Waals surface area contributed by atoms with Gasteiger partial charge in [-0.15, -0.1) is 0 Å². The Bertz CT molecular complexity index is 1120. The highest BCUT2D eigenvalue weighted by Crippen LogP contribution is 2.44. The molecule has 0 spiro atoms. The molecule has 190 valence electrons. The van der Waals surface area contributed by atoms with Gasteiger partial charge in [-0.05, 0) is 30.7 Å². The first-order valence-electron chi connectivity index (χ1n) is 10.8. The van der Waals surface area contributed by atoms with Crippen LogP contribution < -0.4 is 5.32 Å². The zero-order chi connectivity index (χ0) is 25.4. The summed E-state index contributed by atoms with van der Waals surface area (Å²) < 4.78 is 95.0. The molecule has 0 amide bonds. The van der Waals surface area contributed by atoms with Crippen LogP contribution in [0.2, 0.25) is 0 Å². The maximum atomic E-state index is 13.8. The molecule has 2 aliphatic carbocycles. The second-order valence-corrected chi connectivity index (χ2v) is 8.32. The Balaban J connectivity index is 1.47. The Morgan fingerprint density at radius 2 is 1.83 bits per heavy atom. The number of fused-ring (bicyclic) bond motifs is 1. The van der Waals surface area contributed by atoms with Crippen molar-refractivity contribution in [3.63, 3.8) is 0 Å². The molecular formula is C23H23F6N3O3. The third-order valence-corrected chi connectivity index (χ3v) is 5.61. The van der Waals surface area contributed by atoms with Crippen LogP contribution in [0.3, 0.4) is 0 Å². The first-order valence-corrected chi connectivity index (χ1v) is 10.8. The SMILES string of the molecule is COC1=Cc2nc(C)nc(NCc3cc(F)cc(C(F)(F)F)c3)c2CC1OCCOC1CC1(F)F. The molecule has 2 aromatic rings. The summed E-state index contributed by atoms with van der Waals surface area (Å²) in [7, 11) is 1.46. The molecule has 1 N–H and O–H groups in total. The van der Waals surface area contributed by atoms with Crippen molar-refractivity contribution in [2.75, 3.05) is 25.6 Å². The van der Waals surface area contributed by atoms with Crippen LogP contribution in [0.1, 0.15) is 34.6 Å². The lowest BCUT2D eigenvalue weighted by Crippen LogP contribution is -2.27. The Morgan fingerprint density at radius 1 is 1.11 bits per heavy atom. The summed E-state index contributed by atoms with van der Waals surface area (Å²) in [5, 5.41) is 2.97. The largest absolute Gasteiger partial charge is 0.498 e. The Morgan fingerprint density at radius 3 is 2.49 bits per heavy atom. The van der Waals surface area contributed by atoms with E-state index in [1.54, 1.807) is 13.0 Å². The van der Waals surface area contributed by atoms with Gasteiger partial charge < -0.3 is 19.5 Å². The molecule has 0 aliphatic heterocycles. The number of nitrogens with one attached hydrogen (secondary N) is 1. The van der Waals surface area contributed by atoms with E-state index in [2.05, 4.69) is 15.3 Å². The van der Waals surface area contributed by atoms with E-state index in [4.69, 9.17) is 14.2 Å². The van der Waals surface area contributed by atoms with Gasteiger partial charge in [-0.3, -0.25) is 0 Å². The van der Waals surface area contributed by atoms with Gasteiger partial charge in [-0.2, -0.15) is 13.2 Å². The molecule has 2 atom stereocenters. The van der Waals surface area contributed by atoms with E-state index in [-0.39, 0.29) is 38.2 Å². The van der Waals surface area contributed by atoms with Crippen LogP contribution in [0.4, 0.5) is 32.2 Å². The van der Waals surface area contributed by atoms with Gasteiger partial charge in [-0.25, -0.2) is 23.1 Å². The summed E-state index contributed by atoms with van der Waals surface area (Å²) in [5.41, 5.74) is 0.180. The number of alkyl halides is 5. The smallest absolute Gasteiger partial charge is 0.416 e. The van der Waals surface area contributed by atoms with Crippen LogP contribution in [0, 0.1) is 12.7 Å². The molecule has 0 bridgehead atoms. The normalized spacial score (nSPS) is 20.7. The van der Waals surface area contributed by atoms with E-state index in [0.29, 0.717) is 34.7 Å². The number of hydrogen-bond acceptors (Lipinski definition) is 6. The fraction of sp³-hybridized carbons (Fsp3) is 0.478. The third kappa shape index (κ3) is 6.04. The molecule has 1 heterocycles. The standard InChI is InChI=1S/C23H23F6N3O3/c1-12-31-17-9-18(33-2)19(34-3-4-35-20-10-22(20,25)26)8-16(17)21(32-12)30-11-13-5-14(23(27,28)29)7-15(24)6-13/h5-7,9,19-20H,3-4,8,10-11H2,1-2H3,(H,30,31,32). The second-order valence-electron chi connectivity index (χ2n) is 8.32. The maximum Gasteiger partial charge on any atom is 0.416 e. The lowest BCUT2D eigenvalue weighted by atomic mass is 9.98. The van der Waals surface area contributed by atoms with Gasteiger partial charge in [0, 0.05) is 31.0 Å². The summed E-state index contributed by atoms with van der Waals surface area (Å²) >= 11 is 0. The zero-order valence-electron chi connectivity index (χ0n) is 18.9. The van der Waals surface area contributed by atoms with Gasteiger partial charge >= 0.3 is 6.18 Å². The summed E-state index contributed by atoms with van der Waals surface area (Å²) in [6, 6.07) is 2.32. The molecule has 2 aliphatic rings. The van der Waals surface area contributed by atoms with Crippen molar-refractivity contribution in [3.05, 3.63) is 58.0 Å². The second kappa shape index (κ2) is 9.65. The van der Waals surface area contributed by atoms with Crippen LogP contribution in [-0.4, -0.2) is 48.4 Å². The molecule has 6 nitrogen and oxygen atoms in total. The maximum absolute atomic E-state index is 13.8. The lowest BCUT2D eigenvalue weighted by Gasteiger charge is -2.26. The van der Waals surface area contributed by atoms with Crippen molar-refractivity contribution in [1.82, 2.24) is 9.97 Å². The highest BCUT2D eigenvalue weighted by Gasteiger charge is 2.58. The Labute approximate surface area is 197 Å². The minimum absolute atomic E-state index is 0.0166. The monoisotopic (exact) mass is 503 g/mol. The number of halogens is 6. The predicted octanol–water partition coefficient (Wildman–Crippen LogP) is 4.91. The summed E-state index contributed by atoms with van der Waals surface area (Å²) in [4.78, 5) is 8.74. The zero-order valence-corrected chi connectivity index (χ0v) is 18.9. The van der Waals surface area contributed by atoms with Crippen molar-refractivity contribution < 1.29 is 40.6 Å². The third-order valence-electron chi connectivity index (χ3n) is 5.61. The van der Waals surface area contributed by atoms with E-state index in [0.717, 1.165) is 12.1 Å². The van der Waals surface area contributed by atoms with Crippen LogP contribution in [0.5, 0.6) is 0 Å². The molecular weight excluding hydrogens is 480 g/mol. The van der Waals surface area contributed by atoms with E-state index >= 15 is 0 Å². The van der Waals surface area contributed by atoms with Crippen molar-refractivity contribution >= 4 is 11.9 Å². The number of anilines is 1. The van der Waals surface area contributed by atoms with E-state index in [9.17, 15) is 26.3 Å². The molecule has 4 rings (SSSR count). The molecule has 1 aromatic carbocycles. The van der Waals surface area contributed by atoms with Crippen LogP contribution in [0.15, 0.2) is 24.0 Å². The summed E-state index contributed by atoms with van der Waals surface area (Å²) in [5.74, 6) is -2.53. The highest BCUT2D eigenvalue weighted by atomic mass is 19.4. The van der Waals surface area contributed by atoms with Crippen LogP contribution in [0.25, 0.3) is 6.08 Å². The topological polar surface area (TPSA) is 65.5 Å². The van der Waals surface area contributed by atoms with Gasteiger partial charge in [0.1, 0.15) is 35.4 Å². The fourth-order valence-corrected chi connectivity index (χ4v) is 3.78. The van der Waals surface area contributed by atoms with Crippen molar-refractivity contribution in [1.29, 1.82) is 0 Å². The Hall–Kier alpha value is -2.86. The number of aryl methyl sites for hydroxylation is 1. The van der Waals surface area contributed by atoms with Gasteiger partial charge in [-0.1, -0.05) is 0 Å². The molecule has 0 saturated heterocycles. The van der Waals surface area contributed by atoms with E-state index in [1.165, 1.54) is 7.11 Å². The number of aromatic nitrogens is 2. The highest BCUT2D eigenvalue weighted by molar-refractivity contribution is 5.63. The molecule has 2 unspecified atom stereocenters. The predicted molar refractivity (Wildman–Crippen MR) is 113 cm³/mol.